The van der Waals surface area contributed by atoms with Crippen LogP contribution in [0.2, 0.25) is 0 Å². The maximum atomic E-state index is 11.1. The second-order valence-corrected chi connectivity index (χ2v) is 6.56. The number of unbranched alkanes of at least 4 members (excludes halogenated alkanes) is 1. The highest BCUT2D eigenvalue weighted by atomic mass is 16.5. The van der Waals surface area contributed by atoms with E-state index in [0.717, 1.165) is 51.4 Å². The van der Waals surface area contributed by atoms with Crippen molar-refractivity contribution in [3.8, 4) is 0 Å². The van der Waals surface area contributed by atoms with Crippen LogP contribution in [0.1, 0.15) is 38.2 Å². The summed E-state index contributed by atoms with van der Waals surface area (Å²) in [6.45, 7) is 5.85. The quantitative estimate of drug-likeness (QED) is 0.341. The van der Waals surface area contributed by atoms with Crippen molar-refractivity contribution in [1.82, 2.24) is 10.2 Å². The summed E-state index contributed by atoms with van der Waals surface area (Å²) < 4.78 is 4.66. The lowest BCUT2D eigenvalue weighted by atomic mass is 9.99. The fourth-order valence-electron chi connectivity index (χ4n) is 3.23. The normalized spacial score (nSPS) is 17.6. The summed E-state index contributed by atoms with van der Waals surface area (Å²) in [6.07, 6.45) is 4.56. The van der Waals surface area contributed by atoms with Gasteiger partial charge in [0.2, 0.25) is 0 Å². The lowest BCUT2D eigenvalue weighted by molar-refractivity contribution is -0.140. The fraction of sp³-hybridized carbons (Fsp3) is 0.600. The Labute approximate surface area is 151 Å². The van der Waals surface area contributed by atoms with Crippen LogP contribution in [0.5, 0.6) is 0 Å². The van der Waals surface area contributed by atoms with Gasteiger partial charge in [-0.3, -0.25) is 9.79 Å². The molecule has 25 heavy (non-hydrogen) atoms. The molecule has 0 saturated carbocycles. The molecular weight excluding hydrogens is 314 g/mol. The minimum Gasteiger partial charge on any atom is -0.469 e. The number of rotatable bonds is 8. The van der Waals surface area contributed by atoms with E-state index in [1.54, 1.807) is 0 Å². The predicted molar refractivity (Wildman–Crippen MR) is 102 cm³/mol. The van der Waals surface area contributed by atoms with E-state index in [0.29, 0.717) is 12.3 Å². The molecule has 0 aromatic heterocycles. The van der Waals surface area contributed by atoms with Gasteiger partial charge in [0.05, 0.1) is 7.11 Å². The second-order valence-electron chi connectivity index (χ2n) is 6.56. The zero-order chi connectivity index (χ0) is 17.9. The molecule has 1 aromatic carbocycles. The van der Waals surface area contributed by atoms with Crippen molar-refractivity contribution >= 4 is 11.9 Å². The van der Waals surface area contributed by atoms with Crippen molar-refractivity contribution < 1.29 is 9.53 Å². The molecule has 1 aliphatic heterocycles. The number of guanidine groups is 1. The molecule has 1 unspecified atom stereocenters. The standard InChI is InChI=1S/C20H31N3O2/c1-3-21-20(22-13-8-7-11-19(24)25-2)23-14-12-18(16-23)15-17-9-5-4-6-10-17/h4-6,9-10,18H,3,7-8,11-16H2,1-2H3,(H,21,22). The molecule has 0 radical (unpaired) electrons. The molecule has 1 aromatic rings. The Bertz CT molecular complexity index is 545. The van der Waals surface area contributed by atoms with E-state index in [4.69, 9.17) is 4.99 Å². The third-order valence-electron chi connectivity index (χ3n) is 4.57. The van der Waals surface area contributed by atoms with Gasteiger partial charge in [-0.2, -0.15) is 0 Å². The molecule has 1 atom stereocenters. The van der Waals surface area contributed by atoms with Crippen molar-refractivity contribution in [1.29, 1.82) is 0 Å². The van der Waals surface area contributed by atoms with Crippen LogP contribution in [0.25, 0.3) is 0 Å². The Hall–Kier alpha value is -2.04. The van der Waals surface area contributed by atoms with E-state index < -0.39 is 0 Å². The topological polar surface area (TPSA) is 53.9 Å². The zero-order valence-corrected chi connectivity index (χ0v) is 15.5. The number of hydrogen-bond acceptors (Lipinski definition) is 3. The number of nitrogens with one attached hydrogen (secondary N) is 1. The molecule has 0 aliphatic carbocycles. The van der Waals surface area contributed by atoms with Gasteiger partial charge in [-0.25, -0.2) is 0 Å². The minimum atomic E-state index is -0.140. The van der Waals surface area contributed by atoms with Crippen LogP contribution in [0.3, 0.4) is 0 Å². The lowest BCUT2D eigenvalue weighted by Gasteiger charge is -2.21. The van der Waals surface area contributed by atoms with Crippen molar-refractivity contribution in [2.45, 2.75) is 39.0 Å². The van der Waals surface area contributed by atoms with Crippen molar-refractivity contribution in [3.05, 3.63) is 35.9 Å². The van der Waals surface area contributed by atoms with E-state index in [1.807, 2.05) is 0 Å². The van der Waals surface area contributed by atoms with Crippen LogP contribution in [0, 0.1) is 5.92 Å². The van der Waals surface area contributed by atoms with E-state index in [-0.39, 0.29) is 5.97 Å². The van der Waals surface area contributed by atoms with E-state index in [9.17, 15) is 4.79 Å². The van der Waals surface area contributed by atoms with Crippen molar-refractivity contribution in [3.63, 3.8) is 0 Å². The van der Waals surface area contributed by atoms with Gasteiger partial charge in [-0.1, -0.05) is 30.3 Å². The Morgan fingerprint density at radius 2 is 2.12 bits per heavy atom. The summed E-state index contributed by atoms with van der Waals surface area (Å²) in [7, 11) is 1.43. The van der Waals surface area contributed by atoms with E-state index in [1.165, 1.54) is 19.1 Å². The summed E-state index contributed by atoms with van der Waals surface area (Å²) in [5, 5.41) is 3.40. The first kappa shape index (κ1) is 19.3. The molecule has 0 amide bonds. The maximum absolute atomic E-state index is 11.1. The monoisotopic (exact) mass is 345 g/mol. The number of ether oxygens (including phenoxy) is 1. The molecule has 2 rings (SSSR count). The molecule has 0 spiro atoms. The van der Waals surface area contributed by atoms with Crippen LogP contribution >= 0.6 is 0 Å². The highest BCUT2D eigenvalue weighted by Crippen LogP contribution is 2.21. The van der Waals surface area contributed by atoms with Gasteiger partial charge in [0.1, 0.15) is 0 Å². The number of esters is 1. The van der Waals surface area contributed by atoms with E-state index >= 15 is 0 Å². The molecule has 1 aliphatic rings. The molecule has 1 fully saturated rings. The largest absolute Gasteiger partial charge is 0.469 e. The third-order valence-corrected chi connectivity index (χ3v) is 4.57. The van der Waals surface area contributed by atoms with E-state index in [2.05, 4.69) is 52.2 Å². The molecule has 1 heterocycles. The van der Waals surface area contributed by atoms with Crippen molar-refractivity contribution in [2.75, 3.05) is 33.3 Å². The van der Waals surface area contributed by atoms with Gasteiger partial charge >= 0.3 is 5.97 Å². The minimum absolute atomic E-state index is 0.140. The Kier molecular flexibility index (Phi) is 8.29. The number of carbonyl (C=O) groups excluding carboxylic acids is 1. The van der Waals surface area contributed by atoms with Gasteiger partial charge in [0.15, 0.2) is 5.96 Å². The number of benzene rings is 1. The van der Waals surface area contributed by atoms with Gasteiger partial charge < -0.3 is 15.0 Å². The first-order chi connectivity index (χ1) is 12.2. The molecular formula is C20H31N3O2. The highest BCUT2D eigenvalue weighted by Gasteiger charge is 2.24. The first-order valence-corrected chi connectivity index (χ1v) is 9.37. The Morgan fingerprint density at radius 1 is 1.32 bits per heavy atom. The molecule has 138 valence electrons. The van der Waals surface area contributed by atoms with Gasteiger partial charge in [-0.15, -0.1) is 0 Å². The second kappa shape index (κ2) is 10.7. The Balaban J connectivity index is 1.79. The van der Waals surface area contributed by atoms with Crippen LogP contribution < -0.4 is 5.32 Å². The number of hydrogen-bond donors (Lipinski definition) is 1. The zero-order valence-electron chi connectivity index (χ0n) is 15.5. The third kappa shape index (κ3) is 6.77. The molecule has 5 nitrogen and oxygen atoms in total. The molecule has 5 heteroatoms. The maximum Gasteiger partial charge on any atom is 0.305 e. The number of nitrogens with zero attached hydrogens (tertiary/aromatic N) is 2. The average Bonchev–Trinajstić information content (AvgIpc) is 3.09. The summed E-state index contributed by atoms with van der Waals surface area (Å²) >= 11 is 0. The van der Waals surface area contributed by atoms with Gasteiger partial charge in [0, 0.05) is 32.6 Å². The van der Waals surface area contributed by atoms with Crippen LogP contribution in [0.4, 0.5) is 0 Å². The van der Waals surface area contributed by atoms with Crippen LogP contribution in [-0.2, 0) is 16.0 Å². The Morgan fingerprint density at radius 3 is 2.84 bits per heavy atom. The van der Waals surface area contributed by atoms with Crippen LogP contribution in [0.15, 0.2) is 35.3 Å². The number of aliphatic imine (C=N–C) groups is 1. The average molecular weight is 345 g/mol. The molecule has 1 saturated heterocycles. The van der Waals surface area contributed by atoms with Gasteiger partial charge in [-0.05, 0) is 44.1 Å². The summed E-state index contributed by atoms with van der Waals surface area (Å²) in [4.78, 5) is 18.2. The molecule has 0 bridgehead atoms. The van der Waals surface area contributed by atoms with Gasteiger partial charge in [0.25, 0.3) is 0 Å². The number of carbonyl (C=O) groups is 1. The lowest BCUT2D eigenvalue weighted by Crippen LogP contribution is -2.40. The molecule has 1 N–H and O–H groups in total. The summed E-state index contributed by atoms with van der Waals surface area (Å²) in [5.41, 5.74) is 1.42. The fourth-order valence-corrected chi connectivity index (χ4v) is 3.23. The number of likely N-dealkylation sites (tertiary alicyclic amines) is 1. The van der Waals surface area contributed by atoms with Crippen LogP contribution in [-0.4, -0.2) is 50.1 Å². The predicted octanol–water partition coefficient (Wildman–Crippen LogP) is 2.86. The first-order valence-electron chi connectivity index (χ1n) is 9.37. The smallest absolute Gasteiger partial charge is 0.305 e. The number of methoxy groups -OCH3 is 1. The van der Waals surface area contributed by atoms with Crippen molar-refractivity contribution in [2.24, 2.45) is 10.9 Å². The summed E-state index contributed by atoms with van der Waals surface area (Å²) in [5.74, 6) is 1.56. The SMILES string of the molecule is CCNC(=NCCCCC(=O)OC)N1CCC(Cc2ccccc2)C1. The summed E-state index contributed by atoms with van der Waals surface area (Å²) in [6, 6.07) is 10.7. The highest BCUT2D eigenvalue weighted by molar-refractivity contribution is 5.80.